The number of nitrogens with one attached hydrogen (secondary N) is 1. The van der Waals surface area contributed by atoms with E-state index in [-0.39, 0.29) is 0 Å². The van der Waals surface area contributed by atoms with Crippen LogP contribution in [0.3, 0.4) is 0 Å². The van der Waals surface area contributed by atoms with Crippen LogP contribution in [0.1, 0.15) is 26.3 Å². The van der Waals surface area contributed by atoms with Gasteiger partial charge in [-0.05, 0) is 38.5 Å². The Morgan fingerprint density at radius 1 is 1.50 bits per heavy atom. The van der Waals surface area contributed by atoms with E-state index in [0.717, 1.165) is 5.56 Å². The molecular weight excluding hydrogens is 226 g/mol. The van der Waals surface area contributed by atoms with E-state index in [4.69, 9.17) is 16.7 Å². The van der Waals surface area contributed by atoms with Gasteiger partial charge in [0.2, 0.25) is 5.91 Å². The predicted octanol–water partition coefficient (Wildman–Crippen LogP) is 2.07. The van der Waals surface area contributed by atoms with Gasteiger partial charge in [0.15, 0.2) is 0 Å². The average Bonchev–Trinajstić information content (AvgIpc) is 2.17. The zero-order valence-electron chi connectivity index (χ0n) is 9.62. The Bertz CT molecular complexity index is 388. The minimum absolute atomic E-state index is 0.398. The molecule has 1 unspecified atom stereocenters. The van der Waals surface area contributed by atoms with E-state index in [1.54, 1.807) is 12.1 Å². The van der Waals surface area contributed by atoms with E-state index in [0.29, 0.717) is 5.02 Å². The smallest absolute Gasteiger partial charge is 0.249 e. The van der Waals surface area contributed by atoms with Crippen LogP contribution < -0.4 is 5.32 Å². The van der Waals surface area contributed by atoms with Gasteiger partial charge in [0.25, 0.3) is 0 Å². The second kappa shape index (κ2) is 4.85. The molecule has 0 radical (unpaired) electrons. The lowest BCUT2D eigenvalue weighted by Crippen LogP contribution is -2.45. The monoisotopic (exact) mass is 241 g/mol. The molecule has 0 aromatic heterocycles. The number of benzene rings is 1. The van der Waals surface area contributed by atoms with Gasteiger partial charge in [-0.15, -0.1) is 0 Å². The average molecular weight is 242 g/mol. The molecule has 1 atom stereocenters. The van der Waals surface area contributed by atoms with E-state index in [1.165, 1.54) is 6.92 Å². The molecule has 1 amide bonds. The lowest BCUT2D eigenvalue weighted by molar-refractivity contribution is -0.130. The molecule has 0 aliphatic heterocycles. The Labute approximate surface area is 100 Å². The topological polar surface area (TPSA) is 49.3 Å². The first-order valence-electron chi connectivity index (χ1n) is 5.09. The summed E-state index contributed by atoms with van der Waals surface area (Å²) in [5, 5.41) is 12.5. The highest BCUT2D eigenvalue weighted by Gasteiger charge is 2.24. The number of hydrogen-bond acceptors (Lipinski definition) is 2. The molecule has 0 aliphatic carbocycles. The largest absolute Gasteiger partial charge is 0.384 e. The van der Waals surface area contributed by atoms with E-state index >= 15 is 0 Å². The van der Waals surface area contributed by atoms with Gasteiger partial charge in [0.05, 0.1) is 5.54 Å². The van der Waals surface area contributed by atoms with Crippen LogP contribution >= 0.6 is 11.6 Å². The lowest BCUT2D eigenvalue weighted by atomic mass is 9.94. The van der Waals surface area contributed by atoms with E-state index < -0.39 is 17.6 Å². The Morgan fingerprint density at radius 3 is 2.62 bits per heavy atom. The fraction of sp³-hybridized carbons (Fsp3) is 0.417. The third-order valence-electron chi connectivity index (χ3n) is 2.36. The minimum atomic E-state index is -1.02. The fourth-order valence-corrected chi connectivity index (χ4v) is 1.55. The molecular formula is C12H16ClNO2. The third kappa shape index (κ3) is 3.22. The van der Waals surface area contributed by atoms with E-state index in [2.05, 4.69) is 5.32 Å². The summed E-state index contributed by atoms with van der Waals surface area (Å²) in [6, 6.07) is 7.28. The van der Waals surface area contributed by atoms with Gasteiger partial charge in [-0.2, -0.15) is 0 Å². The Morgan fingerprint density at radius 2 is 2.12 bits per heavy atom. The summed E-state index contributed by atoms with van der Waals surface area (Å²) in [4.78, 5) is 11.4. The maximum absolute atomic E-state index is 11.4. The summed E-state index contributed by atoms with van der Waals surface area (Å²) in [6.07, 6.45) is -1.02. The van der Waals surface area contributed by atoms with Gasteiger partial charge in [-0.25, -0.2) is 0 Å². The van der Waals surface area contributed by atoms with Crippen LogP contribution in [-0.4, -0.2) is 17.1 Å². The number of aliphatic hydroxyl groups is 1. The van der Waals surface area contributed by atoms with Crippen molar-refractivity contribution in [2.45, 2.75) is 32.4 Å². The van der Waals surface area contributed by atoms with Crippen molar-refractivity contribution in [2.24, 2.45) is 0 Å². The molecule has 0 heterocycles. The van der Waals surface area contributed by atoms with Gasteiger partial charge < -0.3 is 10.4 Å². The number of amides is 1. The Hall–Kier alpha value is -1.06. The molecule has 3 nitrogen and oxygen atoms in total. The molecule has 0 saturated heterocycles. The van der Waals surface area contributed by atoms with Crippen molar-refractivity contribution < 1.29 is 9.90 Å². The summed E-state index contributed by atoms with van der Waals surface area (Å²) in [6.45, 7) is 5.15. The third-order valence-corrected chi connectivity index (χ3v) is 2.60. The minimum Gasteiger partial charge on any atom is -0.384 e. The summed E-state index contributed by atoms with van der Waals surface area (Å²) in [7, 11) is 0. The molecule has 0 bridgehead atoms. The number of carbonyl (C=O) groups excluding carboxylic acids is 1. The molecule has 1 rings (SSSR count). The fourth-order valence-electron chi connectivity index (χ4n) is 1.36. The molecule has 16 heavy (non-hydrogen) atoms. The molecule has 0 spiro atoms. The molecule has 0 aliphatic rings. The van der Waals surface area contributed by atoms with Gasteiger partial charge in [0, 0.05) is 5.02 Å². The number of hydrogen-bond donors (Lipinski definition) is 2. The van der Waals surface area contributed by atoms with Crippen molar-refractivity contribution in [3.63, 3.8) is 0 Å². The Balaban J connectivity index is 2.89. The summed E-state index contributed by atoms with van der Waals surface area (Å²) >= 11 is 5.89. The molecule has 1 aromatic rings. The maximum atomic E-state index is 11.4. The standard InChI is InChI=1S/C12H16ClNO2/c1-8(15)11(16)14-12(2,3)9-5-4-6-10(13)7-9/h4-8,15H,1-3H3,(H,14,16). The molecule has 0 saturated carbocycles. The first kappa shape index (κ1) is 13.0. The van der Waals surface area contributed by atoms with Crippen molar-refractivity contribution in [3.8, 4) is 0 Å². The van der Waals surface area contributed by atoms with Gasteiger partial charge in [-0.1, -0.05) is 23.7 Å². The number of halogens is 1. The highest BCUT2D eigenvalue weighted by Crippen LogP contribution is 2.22. The van der Waals surface area contributed by atoms with Crippen molar-refractivity contribution in [2.75, 3.05) is 0 Å². The van der Waals surface area contributed by atoms with Crippen molar-refractivity contribution in [3.05, 3.63) is 34.9 Å². The van der Waals surface area contributed by atoms with Crippen LogP contribution in [0, 0.1) is 0 Å². The zero-order chi connectivity index (χ0) is 12.3. The maximum Gasteiger partial charge on any atom is 0.249 e. The van der Waals surface area contributed by atoms with Crippen LogP contribution in [0.15, 0.2) is 24.3 Å². The first-order chi connectivity index (χ1) is 7.33. The van der Waals surface area contributed by atoms with Crippen LogP contribution in [0.4, 0.5) is 0 Å². The van der Waals surface area contributed by atoms with E-state index in [1.807, 2.05) is 26.0 Å². The normalized spacial score (nSPS) is 13.3. The summed E-state index contributed by atoms with van der Waals surface area (Å²) in [5.74, 6) is -0.398. The molecule has 2 N–H and O–H groups in total. The SMILES string of the molecule is CC(O)C(=O)NC(C)(C)c1cccc(Cl)c1. The van der Waals surface area contributed by atoms with Crippen molar-refractivity contribution in [1.82, 2.24) is 5.32 Å². The van der Waals surface area contributed by atoms with Crippen molar-refractivity contribution >= 4 is 17.5 Å². The molecule has 0 fully saturated rings. The highest BCUT2D eigenvalue weighted by molar-refractivity contribution is 6.30. The second-order valence-corrected chi connectivity index (χ2v) is 4.74. The van der Waals surface area contributed by atoms with Crippen LogP contribution in [-0.2, 0) is 10.3 Å². The highest BCUT2D eigenvalue weighted by atomic mass is 35.5. The van der Waals surface area contributed by atoms with Gasteiger partial charge in [0.1, 0.15) is 6.10 Å². The molecule has 88 valence electrons. The van der Waals surface area contributed by atoms with E-state index in [9.17, 15) is 4.79 Å². The van der Waals surface area contributed by atoms with Gasteiger partial charge in [-0.3, -0.25) is 4.79 Å². The summed E-state index contributed by atoms with van der Waals surface area (Å²) < 4.78 is 0. The molecule has 4 heteroatoms. The van der Waals surface area contributed by atoms with Crippen LogP contribution in [0.25, 0.3) is 0 Å². The number of carbonyl (C=O) groups is 1. The zero-order valence-corrected chi connectivity index (χ0v) is 10.4. The number of rotatable bonds is 3. The Kier molecular flexibility index (Phi) is 3.94. The number of aliphatic hydroxyl groups excluding tert-OH is 1. The van der Waals surface area contributed by atoms with Gasteiger partial charge >= 0.3 is 0 Å². The lowest BCUT2D eigenvalue weighted by Gasteiger charge is -2.27. The summed E-state index contributed by atoms with van der Waals surface area (Å²) in [5.41, 5.74) is 0.341. The first-order valence-corrected chi connectivity index (χ1v) is 5.47. The van der Waals surface area contributed by atoms with Crippen LogP contribution in [0.5, 0.6) is 0 Å². The quantitative estimate of drug-likeness (QED) is 0.851. The molecule has 1 aromatic carbocycles. The van der Waals surface area contributed by atoms with Crippen molar-refractivity contribution in [1.29, 1.82) is 0 Å². The van der Waals surface area contributed by atoms with Crippen LogP contribution in [0.2, 0.25) is 5.02 Å². The second-order valence-electron chi connectivity index (χ2n) is 4.30. The predicted molar refractivity (Wildman–Crippen MR) is 64.3 cm³/mol.